The molecular formula is C29H38O9. The summed E-state index contributed by atoms with van der Waals surface area (Å²) in [5.74, 6) is 1.33. The van der Waals surface area contributed by atoms with E-state index in [1.165, 1.54) is 35.5 Å². The maximum absolute atomic E-state index is 13.1. The van der Waals surface area contributed by atoms with Crippen LogP contribution in [0, 0.1) is 5.92 Å². The lowest BCUT2D eigenvalue weighted by Crippen LogP contribution is -2.44. The monoisotopic (exact) mass is 530 g/mol. The first-order chi connectivity index (χ1) is 18.0. The molecule has 0 unspecified atom stereocenters. The van der Waals surface area contributed by atoms with Crippen molar-refractivity contribution in [2.24, 2.45) is 5.92 Å². The van der Waals surface area contributed by atoms with E-state index in [9.17, 15) is 9.90 Å². The molecule has 0 bridgehead atoms. The molecule has 0 saturated carbocycles. The van der Waals surface area contributed by atoms with E-state index in [1.807, 2.05) is 13.0 Å². The number of aliphatic hydroxyl groups is 1. The summed E-state index contributed by atoms with van der Waals surface area (Å²) in [6, 6.07) is 3.56. The van der Waals surface area contributed by atoms with Crippen LogP contribution >= 0.6 is 0 Å². The molecule has 1 aliphatic carbocycles. The van der Waals surface area contributed by atoms with Gasteiger partial charge in [-0.25, -0.2) is 4.79 Å². The van der Waals surface area contributed by atoms with Crippen LogP contribution in [-0.4, -0.2) is 59.3 Å². The van der Waals surface area contributed by atoms with Crippen molar-refractivity contribution >= 4 is 5.97 Å². The standard InChI is InChI=1S/C29H38O9/c1-11-15(2)28(30)38-27-18-14-20(33-6)24(35-8)26(37-10)22(18)21-17(12-16(3)29(27,4)31)13-19(32-5)23(34-7)25(21)36-9/h11,13-14,16,27,31H,12H2,1-10H3/t16-,27-,29-/m0/s1. The molecule has 0 aliphatic heterocycles. The Labute approximate surface area is 224 Å². The van der Waals surface area contributed by atoms with Crippen LogP contribution in [0.3, 0.4) is 0 Å². The first-order valence-electron chi connectivity index (χ1n) is 12.3. The van der Waals surface area contributed by atoms with E-state index in [1.54, 1.807) is 40.0 Å². The van der Waals surface area contributed by atoms with Crippen LogP contribution in [-0.2, 0) is 16.0 Å². The predicted octanol–water partition coefficient (Wildman–Crippen LogP) is 4.90. The molecule has 1 N–H and O–H groups in total. The minimum absolute atomic E-state index is 0.322. The number of methoxy groups -OCH3 is 6. The second-order valence-corrected chi connectivity index (χ2v) is 9.38. The zero-order valence-corrected chi connectivity index (χ0v) is 23.8. The van der Waals surface area contributed by atoms with Gasteiger partial charge in [-0.1, -0.05) is 13.0 Å². The number of hydrogen-bond acceptors (Lipinski definition) is 9. The summed E-state index contributed by atoms with van der Waals surface area (Å²) in [6.07, 6.45) is 0.955. The van der Waals surface area contributed by atoms with E-state index in [4.69, 9.17) is 33.2 Å². The van der Waals surface area contributed by atoms with Gasteiger partial charge in [-0.05, 0) is 50.8 Å². The average Bonchev–Trinajstić information content (AvgIpc) is 2.92. The molecule has 0 aromatic heterocycles. The van der Waals surface area contributed by atoms with Gasteiger partial charge < -0.3 is 38.3 Å². The number of fused-ring (bicyclic) bond motifs is 3. The van der Waals surface area contributed by atoms with Crippen molar-refractivity contribution in [3.8, 4) is 45.6 Å². The number of rotatable bonds is 8. The van der Waals surface area contributed by atoms with Gasteiger partial charge in [0.2, 0.25) is 11.5 Å². The van der Waals surface area contributed by atoms with Crippen molar-refractivity contribution in [1.29, 1.82) is 0 Å². The minimum atomic E-state index is -1.50. The number of allylic oxidation sites excluding steroid dienone is 1. The SMILES string of the molecule is CC=C(C)C(=O)O[C@H]1c2cc(OC)c(OC)c(OC)c2-c2c(cc(OC)c(OC)c2OC)C[C@H](C)[C@]1(C)O. The van der Waals surface area contributed by atoms with Gasteiger partial charge >= 0.3 is 5.97 Å². The molecule has 0 spiro atoms. The van der Waals surface area contributed by atoms with Crippen LogP contribution < -0.4 is 28.4 Å². The summed E-state index contributed by atoms with van der Waals surface area (Å²) < 4.78 is 40.5. The van der Waals surface area contributed by atoms with Gasteiger partial charge in [0.05, 0.1) is 42.7 Å². The zero-order valence-electron chi connectivity index (χ0n) is 23.8. The van der Waals surface area contributed by atoms with Gasteiger partial charge in [0.1, 0.15) is 5.60 Å². The molecule has 0 amide bonds. The molecule has 0 fully saturated rings. The molecule has 0 heterocycles. The first kappa shape index (κ1) is 29.0. The number of carbonyl (C=O) groups is 1. The van der Waals surface area contributed by atoms with Crippen molar-refractivity contribution in [3.05, 3.63) is 34.9 Å². The van der Waals surface area contributed by atoms with E-state index >= 15 is 0 Å². The van der Waals surface area contributed by atoms with Crippen molar-refractivity contribution in [2.75, 3.05) is 42.7 Å². The minimum Gasteiger partial charge on any atom is -0.493 e. The van der Waals surface area contributed by atoms with Crippen LogP contribution in [0.5, 0.6) is 34.5 Å². The van der Waals surface area contributed by atoms with Gasteiger partial charge in [-0.15, -0.1) is 0 Å². The quantitative estimate of drug-likeness (QED) is 0.377. The fourth-order valence-electron chi connectivity index (χ4n) is 4.89. The van der Waals surface area contributed by atoms with Crippen molar-refractivity contribution in [2.45, 2.75) is 45.8 Å². The molecule has 3 rings (SSSR count). The predicted molar refractivity (Wildman–Crippen MR) is 143 cm³/mol. The Kier molecular flexibility index (Phi) is 8.72. The zero-order chi connectivity index (χ0) is 28.4. The fourth-order valence-corrected chi connectivity index (χ4v) is 4.89. The first-order valence-corrected chi connectivity index (χ1v) is 12.3. The number of esters is 1. The van der Waals surface area contributed by atoms with Crippen molar-refractivity contribution in [3.63, 3.8) is 0 Å². The molecule has 2 aromatic rings. The lowest BCUT2D eigenvalue weighted by atomic mass is 9.73. The highest BCUT2D eigenvalue weighted by Crippen LogP contribution is 2.58. The summed E-state index contributed by atoms with van der Waals surface area (Å²) in [5.41, 5.74) is 1.34. The molecule has 0 radical (unpaired) electrons. The number of carbonyl (C=O) groups excluding carboxylic acids is 1. The molecule has 3 atom stereocenters. The van der Waals surface area contributed by atoms with Crippen LogP contribution in [0.2, 0.25) is 0 Å². The maximum atomic E-state index is 13.1. The summed E-state index contributed by atoms with van der Waals surface area (Å²) in [7, 11) is 9.13. The third-order valence-electron chi connectivity index (χ3n) is 7.34. The number of ether oxygens (including phenoxy) is 7. The van der Waals surface area contributed by atoms with Crippen molar-refractivity contribution in [1.82, 2.24) is 0 Å². The highest BCUT2D eigenvalue weighted by molar-refractivity contribution is 5.90. The van der Waals surface area contributed by atoms with Crippen molar-refractivity contribution < 1.29 is 43.1 Å². The van der Waals surface area contributed by atoms with E-state index in [-0.39, 0.29) is 5.92 Å². The van der Waals surface area contributed by atoms with Crippen LogP contribution in [0.25, 0.3) is 11.1 Å². The van der Waals surface area contributed by atoms with Gasteiger partial charge in [0.15, 0.2) is 29.1 Å². The molecular weight excluding hydrogens is 492 g/mol. The topological polar surface area (TPSA) is 102 Å². The molecule has 0 saturated heterocycles. The Bertz CT molecular complexity index is 1230. The maximum Gasteiger partial charge on any atom is 0.334 e. The Balaban J connectivity index is 2.60. The van der Waals surface area contributed by atoms with Gasteiger partial charge in [-0.3, -0.25) is 0 Å². The number of hydrogen-bond donors (Lipinski definition) is 1. The molecule has 9 nitrogen and oxygen atoms in total. The fraction of sp³-hybridized carbons (Fsp3) is 0.483. The molecule has 38 heavy (non-hydrogen) atoms. The Morgan fingerprint density at radius 3 is 1.84 bits per heavy atom. The summed E-state index contributed by atoms with van der Waals surface area (Å²) in [5, 5.41) is 12.0. The third-order valence-corrected chi connectivity index (χ3v) is 7.34. The highest BCUT2D eigenvalue weighted by Gasteiger charge is 2.47. The van der Waals surface area contributed by atoms with Crippen LogP contribution in [0.15, 0.2) is 23.8 Å². The second-order valence-electron chi connectivity index (χ2n) is 9.38. The van der Waals surface area contributed by atoms with E-state index in [0.717, 1.165) is 5.56 Å². The Morgan fingerprint density at radius 1 is 0.868 bits per heavy atom. The van der Waals surface area contributed by atoms with E-state index < -0.39 is 17.7 Å². The Morgan fingerprint density at radius 2 is 1.37 bits per heavy atom. The lowest BCUT2D eigenvalue weighted by molar-refractivity contribution is -0.166. The van der Waals surface area contributed by atoms with Crippen LogP contribution in [0.4, 0.5) is 0 Å². The summed E-state index contributed by atoms with van der Waals surface area (Å²) in [6.45, 7) is 6.98. The van der Waals surface area contributed by atoms with Gasteiger partial charge in [0.25, 0.3) is 0 Å². The molecule has 1 aliphatic rings. The molecule has 2 aromatic carbocycles. The largest absolute Gasteiger partial charge is 0.493 e. The second kappa shape index (κ2) is 11.4. The van der Waals surface area contributed by atoms with E-state index in [2.05, 4.69) is 0 Å². The van der Waals surface area contributed by atoms with Gasteiger partial charge in [0, 0.05) is 22.3 Å². The highest BCUT2D eigenvalue weighted by atomic mass is 16.6. The molecule has 9 heteroatoms. The number of benzene rings is 2. The molecule has 208 valence electrons. The summed E-state index contributed by atoms with van der Waals surface area (Å²) >= 11 is 0. The lowest BCUT2D eigenvalue weighted by Gasteiger charge is -2.41. The van der Waals surface area contributed by atoms with Gasteiger partial charge in [-0.2, -0.15) is 0 Å². The Hall–Kier alpha value is -3.59. The smallest absolute Gasteiger partial charge is 0.334 e. The van der Waals surface area contributed by atoms with E-state index in [0.29, 0.717) is 63.2 Å². The average molecular weight is 531 g/mol. The van der Waals surface area contributed by atoms with Crippen LogP contribution in [0.1, 0.15) is 44.9 Å². The normalized spacial score (nSPS) is 20.8. The third kappa shape index (κ3) is 4.71. The summed E-state index contributed by atoms with van der Waals surface area (Å²) in [4.78, 5) is 13.1.